The van der Waals surface area contributed by atoms with Crippen LogP contribution in [0.2, 0.25) is 0 Å². The van der Waals surface area contributed by atoms with Crippen molar-refractivity contribution in [3.63, 3.8) is 0 Å². The molecule has 2 aliphatic heterocycles. The Bertz CT molecular complexity index is 978. The molecule has 2 atom stereocenters. The van der Waals surface area contributed by atoms with Gasteiger partial charge in [0, 0.05) is 29.3 Å². The van der Waals surface area contributed by atoms with E-state index < -0.39 is 0 Å². The number of nitrogens with zero attached hydrogens (tertiary/aromatic N) is 2. The van der Waals surface area contributed by atoms with Gasteiger partial charge in [-0.1, -0.05) is 30.3 Å². The van der Waals surface area contributed by atoms with Crippen LogP contribution in [-0.2, 0) is 22.6 Å². The molecule has 2 aromatic carbocycles. The first-order valence-electron chi connectivity index (χ1n) is 10.9. The summed E-state index contributed by atoms with van der Waals surface area (Å²) >= 11 is 0. The van der Waals surface area contributed by atoms with Gasteiger partial charge in [-0.2, -0.15) is 0 Å². The molecule has 1 amide bonds. The van der Waals surface area contributed by atoms with Crippen LogP contribution >= 0.6 is 0 Å². The molecule has 0 aromatic heterocycles. The van der Waals surface area contributed by atoms with Gasteiger partial charge in [0.1, 0.15) is 5.75 Å². The van der Waals surface area contributed by atoms with Gasteiger partial charge >= 0.3 is 0 Å². The summed E-state index contributed by atoms with van der Waals surface area (Å²) in [4.78, 5) is 17.3. The van der Waals surface area contributed by atoms with Gasteiger partial charge in [-0.15, -0.1) is 0 Å². The molecule has 32 heavy (non-hydrogen) atoms. The Morgan fingerprint density at radius 1 is 1.00 bits per heavy atom. The van der Waals surface area contributed by atoms with E-state index in [4.69, 9.17) is 18.9 Å². The summed E-state index contributed by atoms with van der Waals surface area (Å²) in [5.41, 5.74) is 3.99. The third-order valence-corrected chi connectivity index (χ3v) is 6.45. The summed E-state index contributed by atoms with van der Waals surface area (Å²) in [6.45, 7) is 4.01. The van der Waals surface area contributed by atoms with Gasteiger partial charge in [0.2, 0.25) is 5.91 Å². The topological polar surface area (TPSA) is 60.5 Å². The Morgan fingerprint density at radius 3 is 2.34 bits per heavy atom. The lowest BCUT2D eigenvalue weighted by atomic mass is 9.84. The highest BCUT2D eigenvalue weighted by atomic mass is 16.5. The predicted octanol–water partition coefficient (Wildman–Crippen LogP) is 2.98. The second kappa shape index (κ2) is 9.38. The molecular formula is C25H32N2O5. The van der Waals surface area contributed by atoms with Crippen molar-refractivity contribution in [2.75, 3.05) is 48.1 Å². The molecule has 2 aliphatic rings. The van der Waals surface area contributed by atoms with Gasteiger partial charge in [0.15, 0.2) is 11.5 Å². The van der Waals surface area contributed by atoms with E-state index >= 15 is 0 Å². The van der Waals surface area contributed by atoms with E-state index in [1.807, 2.05) is 49.2 Å². The molecule has 7 nitrogen and oxygen atoms in total. The van der Waals surface area contributed by atoms with Crippen molar-refractivity contribution in [1.29, 1.82) is 0 Å². The van der Waals surface area contributed by atoms with Crippen molar-refractivity contribution in [1.82, 2.24) is 9.80 Å². The number of fused-ring (bicyclic) bond motifs is 2. The van der Waals surface area contributed by atoms with Gasteiger partial charge in [-0.25, -0.2) is 0 Å². The van der Waals surface area contributed by atoms with Crippen LogP contribution in [0.4, 0.5) is 0 Å². The summed E-state index contributed by atoms with van der Waals surface area (Å²) in [6.07, 6.45) is 0.699. The van der Waals surface area contributed by atoms with E-state index in [1.54, 1.807) is 21.3 Å². The normalized spacial score (nSPS) is 20.5. The van der Waals surface area contributed by atoms with E-state index in [1.165, 1.54) is 0 Å². The van der Waals surface area contributed by atoms with Crippen LogP contribution in [0.3, 0.4) is 0 Å². The average molecular weight is 441 g/mol. The van der Waals surface area contributed by atoms with Crippen molar-refractivity contribution < 1.29 is 23.7 Å². The number of piperazine rings is 1. The van der Waals surface area contributed by atoms with Crippen LogP contribution in [0, 0.1) is 6.92 Å². The van der Waals surface area contributed by atoms with Crippen LogP contribution < -0.4 is 14.2 Å². The van der Waals surface area contributed by atoms with Crippen molar-refractivity contribution in [3.05, 3.63) is 52.6 Å². The Balaban J connectivity index is 1.79. The number of ether oxygens (including phenoxy) is 4. The molecule has 1 fully saturated rings. The molecule has 2 heterocycles. The van der Waals surface area contributed by atoms with E-state index in [2.05, 4.69) is 4.90 Å². The summed E-state index contributed by atoms with van der Waals surface area (Å²) in [5, 5.41) is 0. The van der Waals surface area contributed by atoms with Crippen LogP contribution in [0.1, 0.15) is 28.3 Å². The first-order valence-corrected chi connectivity index (χ1v) is 10.9. The monoisotopic (exact) mass is 440 g/mol. The van der Waals surface area contributed by atoms with Gasteiger partial charge in [0.25, 0.3) is 0 Å². The van der Waals surface area contributed by atoms with Gasteiger partial charge in [-0.3, -0.25) is 9.69 Å². The number of likely N-dealkylation sites (N-methyl/N-ethyl adjacent to an activating group) is 1. The number of methoxy groups -OCH3 is 3. The highest BCUT2D eigenvalue weighted by Crippen LogP contribution is 2.51. The molecule has 0 unspecified atom stereocenters. The molecular weight excluding hydrogens is 408 g/mol. The minimum atomic E-state index is -0.285. The summed E-state index contributed by atoms with van der Waals surface area (Å²) in [5.74, 6) is 2.18. The molecule has 2 aromatic rings. The molecule has 0 radical (unpaired) electrons. The Labute approximate surface area is 189 Å². The number of benzene rings is 2. The largest absolute Gasteiger partial charge is 0.496 e. The lowest BCUT2D eigenvalue weighted by Crippen LogP contribution is -2.59. The second-order valence-corrected chi connectivity index (χ2v) is 8.49. The van der Waals surface area contributed by atoms with Gasteiger partial charge in [0.05, 0.1) is 47.1 Å². The second-order valence-electron chi connectivity index (χ2n) is 8.49. The highest BCUT2D eigenvalue weighted by Gasteiger charge is 2.45. The maximum absolute atomic E-state index is 13.2. The zero-order valence-electron chi connectivity index (χ0n) is 19.5. The number of carbonyl (C=O) groups is 1. The molecule has 0 bridgehead atoms. The van der Waals surface area contributed by atoms with Crippen LogP contribution in [0.5, 0.6) is 17.2 Å². The maximum atomic E-state index is 13.2. The first kappa shape index (κ1) is 22.4. The number of hydrogen-bond donors (Lipinski definition) is 0. The molecule has 0 N–H and O–H groups in total. The summed E-state index contributed by atoms with van der Waals surface area (Å²) in [7, 11) is 6.94. The minimum absolute atomic E-state index is 0.0467. The fourth-order valence-electron chi connectivity index (χ4n) is 5.18. The molecule has 172 valence electrons. The third-order valence-electron chi connectivity index (χ3n) is 6.45. The summed E-state index contributed by atoms with van der Waals surface area (Å²) < 4.78 is 23.6. The standard InChI is InChI=1S/C25H32N2O5/c1-16-23(29-3)19-11-18-12-26(2)13-21(28)27(18)20(22(19)25(31-5)24(16)30-4)15-32-14-17-9-7-6-8-10-17/h6-10,18,20H,11-15H2,1-5H3/t18-,20-/m0/s1. The molecule has 1 saturated heterocycles. The lowest BCUT2D eigenvalue weighted by Gasteiger charge is -2.48. The summed E-state index contributed by atoms with van der Waals surface area (Å²) in [6, 6.07) is 9.81. The lowest BCUT2D eigenvalue weighted by molar-refractivity contribution is -0.145. The Hall–Kier alpha value is -2.77. The quantitative estimate of drug-likeness (QED) is 0.660. The van der Waals surface area contributed by atoms with Crippen LogP contribution in [0.25, 0.3) is 0 Å². The molecule has 7 heteroatoms. The van der Waals surface area contributed by atoms with Crippen molar-refractivity contribution >= 4 is 5.91 Å². The zero-order valence-corrected chi connectivity index (χ0v) is 19.5. The van der Waals surface area contributed by atoms with E-state index in [0.717, 1.165) is 34.5 Å². The molecule has 0 spiro atoms. The smallest absolute Gasteiger partial charge is 0.237 e. The maximum Gasteiger partial charge on any atom is 0.237 e. The van der Waals surface area contributed by atoms with E-state index in [9.17, 15) is 4.79 Å². The number of amides is 1. The third kappa shape index (κ3) is 3.91. The SMILES string of the molecule is COc1c(C)c(OC)c(OC)c2c1C[C@H]1CN(C)CC(=O)N1[C@H]2COCc1ccccc1. The van der Waals surface area contributed by atoms with Crippen LogP contribution in [-0.4, -0.2) is 69.8 Å². The highest BCUT2D eigenvalue weighted by molar-refractivity contribution is 5.81. The van der Waals surface area contributed by atoms with Crippen molar-refractivity contribution in [2.45, 2.75) is 32.0 Å². The van der Waals surface area contributed by atoms with Gasteiger partial charge < -0.3 is 23.8 Å². The van der Waals surface area contributed by atoms with Crippen molar-refractivity contribution in [2.24, 2.45) is 0 Å². The molecule has 0 saturated carbocycles. The fourth-order valence-corrected chi connectivity index (χ4v) is 5.18. The van der Waals surface area contributed by atoms with Crippen LogP contribution in [0.15, 0.2) is 30.3 Å². The van der Waals surface area contributed by atoms with Gasteiger partial charge in [-0.05, 0) is 26.0 Å². The molecule has 0 aliphatic carbocycles. The first-order chi connectivity index (χ1) is 15.5. The Morgan fingerprint density at radius 2 is 1.69 bits per heavy atom. The average Bonchev–Trinajstić information content (AvgIpc) is 2.78. The number of hydrogen-bond acceptors (Lipinski definition) is 6. The van der Waals surface area contributed by atoms with E-state index in [-0.39, 0.29) is 18.0 Å². The minimum Gasteiger partial charge on any atom is -0.496 e. The number of carbonyl (C=O) groups excluding carboxylic acids is 1. The van der Waals surface area contributed by atoms with Crippen molar-refractivity contribution in [3.8, 4) is 17.2 Å². The number of rotatable bonds is 7. The molecule has 4 rings (SSSR count). The Kier molecular flexibility index (Phi) is 6.58. The van der Waals surface area contributed by atoms with E-state index in [0.29, 0.717) is 37.7 Å². The zero-order chi connectivity index (χ0) is 22.8. The predicted molar refractivity (Wildman–Crippen MR) is 122 cm³/mol. The fraction of sp³-hybridized carbons (Fsp3) is 0.480.